The summed E-state index contributed by atoms with van der Waals surface area (Å²) >= 11 is 1.23. The van der Waals surface area contributed by atoms with Crippen LogP contribution >= 0.6 is 11.3 Å². The summed E-state index contributed by atoms with van der Waals surface area (Å²) in [6.45, 7) is 6.73. The number of carbonyl (C=O) groups is 1. The molecule has 2 aromatic heterocycles. The molecule has 45 heavy (non-hydrogen) atoms. The number of nitrogens with zero attached hydrogens (tertiary/aromatic N) is 5. The Morgan fingerprint density at radius 1 is 1.11 bits per heavy atom. The van der Waals surface area contributed by atoms with Crippen LogP contribution in [0.2, 0.25) is 0 Å². The fraction of sp³-hybridized carbons (Fsp3) is 0.242. The highest BCUT2D eigenvalue weighted by Gasteiger charge is 2.44. The molecule has 1 N–H and O–H groups in total. The quantitative estimate of drug-likeness (QED) is 0.0945. The second-order valence-electron chi connectivity index (χ2n) is 10.9. The molecule has 0 bridgehead atoms. The third-order valence-electron chi connectivity index (χ3n) is 7.56. The van der Waals surface area contributed by atoms with Gasteiger partial charge in [0, 0.05) is 40.5 Å². The lowest BCUT2D eigenvalue weighted by Gasteiger charge is -2.32. The molecule has 0 radical (unpaired) electrons. The fourth-order valence-corrected chi connectivity index (χ4v) is 6.24. The maximum atomic E-state index is 15.3. The minimum atomic E-state index is -2.10. The molecule has 8 nitrogen and oxygen atoms in total. The number of aliphatic hydroxyl groups is 1. The topological polar surface area (TPSA) is 105 Å². The van der Waals surface area contributed by atoms with Crippen molar-refractivity contribution >= 4 is 17.3 Å². The van der Waals surface area contributed by atoms with Gasteiger partial charge < -0.3 is 9.84 Å². The Hall–Kier alpha value is -4.86. The van der Waals surface area contributed by atoms with Crippen LogP contribution in [0.3, 0.4) is 0 Å². The number of thiazole rings is 1. The van der Waals surface area contributed by atoms with Gasteiger partial charge in [-0.05, 0) is 60.9 Å². The number of benzene rings is 3. The number of ether oxygens (including phenoxy) is 1. The van der Waals surface area contributed by atoms with Crippen LogP contribution < -0.4 is 9.30 Å². The highest BCUT2D eigenvalue weighted by molar-refractivity contribution is 7.10. The van der Waals surface area contributed by atoms with E-state index in [0.29, 0.717) is 40.7 Å². The first-order valence-electron chi connectivity index (χ1n) is 13.9. The van der Waals surface area contributed by atoms with Crippen LogP contribution in [0.4, 0.5) is 13.2 Å². The number of carbonyl (C=O) groups excluding carboxylic acids is 1. The molecule has 5 rings (SSSR count). The van der Waals surface area contributed by atoms with Crippen molar-refractivity contribution in [3.05, 3.63) is 117 Å². The van der Waals surface area contributed by atoms with Crippen molar-refractivity contribution < 1.29 is 32.4 Å². The summed E-state index contributed by atoms with van der Waals surface area (Å²) in [5.74, 6) is -4.56. The van der Waals surface area contributed by atoms with E-state index in [4.69, 9.17) is 10.00 Å². The van der Waals surface area contributed by atoms with Crippen LogP contribution in [0.25, 0.3) is 11.3 Å². The van der Waals surface area contributed by atoms with Crippen LogP contribution in [-0.2, 0) is 23.5 Å². The average molecular weight is 633 g/mol. The summed E-state index contributed by atoms with van der Waals surface area (Å²) in [6, 6.07) is 13.7. The number of esters is 1. The van der Waals surface area contributed by atoms with Gasteiger partial charge in [0.25, 0.3) is 6.33 Å². The third-order valence-corrected chi connectivity index (χ3v) is 8.59. The van der Waals surface area contributed by atoms with E-state index in [2.05, 4.69) is 16.2 Å². The van der Waals surface area contributed by atoms with E-state index in [1.54, 1.807) is 47.5 Å². The number of halogens is 3. The van der Waals surface area contributed by atoms with Gasteiger partial charge in [0.2, 0.25) is 6.33 Å². The van der Waals surface area contributed by atoms with Crippen molar-refractivity contribution in [3.63, 3.8) is 0 Å². The van der Waals surface area contributed by atoms with E-state index in [1.165, 1.54) is 29.3 Å². The first kappa shape index (κ1) is 31.6. The second-order valence-corrected chi connectivity index (χ2v) is 11.8. The molecular formula is C33H29F3N5O3S+. The number of hydrogen-bond acceptors (Lipinski definition) is 7. The van der Waals surface area contributed by atoms with Gasteiger partial charge in [-0.2, -0.15) is 5.26 Å². The lowest BCUT2D eigenvalue weighted by atomic mass is 9.82. The Bertz CT molecular complexity index is 1910. The van der Waals surface area contributed by atoms with Gasteiger partial charge in [0.05, 0.1) is 28.9 Å². The molecule has 0 spiro atoms. The van der Waals surface area contributed by atoms with Gasteiger partial charge in [-0.3, -0.25) is 4.79 Å². The standard InChI is InChI=1S/C33H29F3N5O3S/c1-19-9-24(10-20(2)31(19)44-22(4)42)14-40-17-38-41(18-40)16-33(43,26-11-28(35)29(36)12-27(26)34)21(3)32-39-30(15-45-32)25-7-5-23(13-37)6-8-25/h5-12,15,17-18,21,43H,14,16H2,1-4H3/q+1. The maximum absolute atomic E-state index is 15.3. The Kier molecular flexibility index (Phi) is 8.86. The minimum absolute atomic E-state index is 0.307. The van der Waals surface area contributed by atoms with Crippen LogP contribution in [0.5, 0.6) is 5.75 Å². The zero-order valence-electron chi connectivity index (χ0n) is 24.9. The Labute approximate surface area is 261 Å². The van der Waals surface area contributed by atoms with E-state index >= 15 is 4.39 Å². The number of nitriles is 1. The Morgan fingerprint density at radius 3 is 2.42 bits per heavy atom. The van der Waals surface area contributed by atoms with Crippen molar-refractivity contribution in [1.82, 2.24) is 14.8 Å². The normalized spacial score (nSPS) is 13.2. The molecule has 0 saturated carbocycles. The summed E-state index contributed by atoms with van der Waals surface area (Å²) in [5, 5.41) is 27.8. The summed E-state index contributed by atoms with van der Waals surface area (Å²) in [5.41, 5.74) is 1.76. The van der Waals surface area contributed by atoms with E-state index < -0.39 is 40.5 Å². The maximum Gasteiger partial charge on any atom is 0.308 e. The van der Waals surface area contributed by atoms with Crippen molar-refractivity contribution in [2.24, 2.45) is 0 Å². The third kappa shape index (κ3) is 6.64. The molecule has 0 saturated heterocycles. The predicted octanol–water partition coefficient (Wildman–Crippen LogP) is 5.87. The van der Waals surface area contributed by atoms with Crippen molar-refractivity contribution in [2.75, 3.05) is 0 Å². The fourth-order valence-electron chi connectivity index (χ4n) is 5.27. The first-order chi connectivity index (χ1) is 21.4. The zero-order chi connectivity index (χ0) is 32.5. The lowest BCUT2D eigenvalue weighted by Crippen LogP contribution is -2.39. The SMILES string of the molecule is CC(=O)Oc1c(C)cc(C[n+]2cnn(CC(O)(c3cc(F)c(F)cc3F)C(C)c3nc(-c4ccc(C#N)cc4)cs3)c2)cc1C. The average Bonchev–Trinajstić information content (AvgIpc) is 3.66. The highest BCUT2D eigenvalue weighted by atomic mass is 32.1. The van der Waals surface area contributed by atoms with Gasteiger partial charge in [-0.15, -0.1) is 16.0 Å². The van der Waals surface area contributed by atoms with E-state index in [1.807, 2.05) is 26.0 Å². The summed E-state index contributed by atoms with van der Waals surface area (Å²) in [6.07, 6.45) is 3.15. The molecule has 230 valence electrons. The zero-order valence-corrected chi connectivity index (χ0v) is 25.7. The predicted molar refractivity (Wildman–Crippen MR) is 160 cm³/mol. The van der Waals surface area contributed by atoms with Crippen molar-refractivity contribution in [2.45, 2.75) is 52.3 Å². The molecule has 2 unspecified atom stereocenters. The molecule has 0 aliphatic carbocycles. The Morgan fingerprint density at radius 2 is 1.78 bits per heavy atom. The smallest absolute Gasteiger partial charge is 0.308 e. The van der Waals surface area contributed by atoms with Gasteiger partial charge >= 0.3 is 5.97 Å². The van der Waals surface area contributed by atoms with Crippen molar-refractivity contribution in [1.29, 1.82) is 5.26 Å². The number of rotatable bonds is 9. The summed E-state index contributed by atoms with van der Waals surface area (Å²) in [7, 11) is 0. The monoisotopic (exact) mass is 632 g/mol. The number of hydrogen-bond donors (Lipinski definition) is 1. The molecule has 2 atom stereocenters. The largest absolute Gasteiger partial charge is 0.426 e. The Balaban J connectivity index is 1.47. The van der Waals surface area contributed by atoms with Gasteiger partial charge in [-0.1, -0.05) is 19.1 Å². The molecule has 3 aromatic carbocycles. The minimum Gasteiger partial charge on any atom is -0.426 e. The van der Waals surface area contributed by atoms with E-state index in [9.17, 15) is 18.7 Å². The van der Waals surface area contributed by atoms with Crippen LogP contribution in [0, 0.1) is 42.6 Å². The van der Waals surface area contributed by atoms with Crippen LogP contribution in [0.15, 0.2) is 66.6 Å². The molecule has 5 aromatic rings. The molecule has 0 aliphatic heterocycles. The molecule has 0 amide bonds. The summed E-state index contributed by atoms with van der Waals surface area (Å²) < 4.78 is 52.1. The van der Waals surface area contributed by atoms with Crippen LogP contribution in [0.1, 0.15) is 52.6 Å². The van der Waals surface area contributed by atoms with Gasteiger partial charge in [0.15, 0.2) is 11.6 Å². The molecule has 12 heteroatoms. The summed E-state index contributed by atoms with van der Waals surface area (Å²) in [4.78, 5) is 16.1. The second kappa shape index (κ2) is 12.6. The molecule has 0 aliphatic rings. The lowest BCUT2D eigenvalue weighted by molar-refractivity contribution is -0.689. The molecule has 0 fully saturated rings. The number of aromatic nitrogens is 4. The first-order valence-corrected chi connectivity index (χ1v) is 14.8. The van der Waals surface area contributed by atoms with Gasteiger partial charge in [0.1, 0.15) is 23.7 Å². The van der Waals surface area contributed by atoms with E-state index in [0.717, 1.165) is 22.3 Å². The van der Waals surface area contributed by atoms with Gasteiger partial charge in [-0.25, -0.2) is 22.7 Å². The highest BCUT2D eigenvalue weighted by Crippen LogP contribution is 2.42. The van der Waals surface area contributed by atoms with Crippen LogP contribution in [-0.4, -0.2) is 25.8 Å². The van der Waals surface area contributed by atoms with E-state index in [-0.39, 0.29) is 6.54 Å². The molecule has 2 heterocycles. The molecular weight excluding hydrogens is 603 g/mol. The van der Waals surface area contributed by atoms with Crippen molar-refractivity contribution in [3.8, 4) is 23.1 Å². The number of aryl methyl sites for hydroxylation is 2.